The van der Waals surface area contributed by atoms with Crippen LogP contribution in [0.25, 0.3) is 5.84 Å². The summed E-state index contributed by atoms with van der Waals surface area (Å²) < 4.78 is 28.4. The molecule has 0 aliphatic heterocycles. The van der Waals surface area contributed by atoms with E-state index < -0.39 is 15.9 Å². The van der Waals surface area contributed by atoms with Crippen LogP contribution in [0.4, 0.5) is 0 Å². The Bertz CT molecular complexity index is 229. The number of nitrogens with one attached hydrogen (secondary N) is 3. The molecule has 12 heavy (non-hydrogen) atoms. The average Bonchev–Trinajstić information content (AvgIpc) is 1.85. The van der Waals surface area contributed by atoms with Crippen molar-refractivity contribution < 1.29 is 42.5 Å². The summed E-state index contributed by atoms with van der Waals surface area (Å²) in [6, 6.07) is 0. The first-order valence-corrected chi connectivity index (χ1v) is 4.63. The van der Waals surface area contributed by atoms with Gasteiger partial charge in [-0.15, -0.1) is 0 Å². The molecule has 6 nitrogen and oxygen atoms in total. The summed E-state index contributed by atoms with van der Waals surface area (Å²) in [5.74, 6) is 6.06. The Morgan fingerprint density at radius 1 is 1.58 bits per heavy atom. The van der Waals surface area contributed by atoms with Crippen molar-refractivity contribution in [2.75, 3.05) is 12.3 Å². The van der Waals surface area contributed by atoms with E-state index in [0.717, 1.165) is 0 Å². The molecule has 0 amide bonds. The van der Waals surface area contributed by atoms with Crippen molar-refractivity contribution in [3.8, 4) is 0 Å². The molecule has 66 valence electrons. The largest absolute Gasteiger partial charge is 1.00 e. The summed E-state index contributed by atoms with van der Waals surface area (Å²) in [4.78, 5) is 0. The second kappa shape index (κ2) is 7.01. The maximum absolute atomic E-state index is 10.1. The van der Waals surface area contributed by atoms with E-state index in [1.807, 2.05) is 5.43 Å². The van der Waals surface area contributed by atoms with Gasteiger partial charge >= 0.3 is 29.6 Å². The fourth-order valence-electron chi connectivity index (χ4n) is 0.338. The van der Waals surface area contributed by atoms with E-state index in [2.05, 4.69) is 17.5 Å². The monoisotopic (exact) mass is 221 g/mol. The van der Waals surface area contributed by atoms with Gasteiger partial charge in [0.25, 0.3) is 10.1 Å². The first-order valence-electron chi connectivity index (χ1n) is 2.61. The van der Waals surface area contributed by atoms with Gasteiger partial charge in [-0.1, -0.05) is 0 Å². The first-order chi connectivity index (χ1) is 4.95. The van der Waals surface area contributed by atoms with E-state index in [-0.39, 0.29) is 41.2 Å². The molecule has 0 radical (unpaired) electrons. The maximum Gasteiger partial charge on any atom is 1.00 e. The van der Waals surface area contributed by atoms with E-state index in [1.54, 1.807) is 0 Å². The summed E-state index contributed by atoms with van der Waals surface area (Å²) in [6.07, 6.45) is 0. The number of hydrogen-bond acceptors (Lipinski definition) is 3. The molecule has 0 spiro atoms. The normalized spacial score (nSPS) is 9.83. The van der Waals surface area contributed by atoms with Gasteiger partial charge in [0.15, 0.2) is 0 Å². The molecule has 0 aliphatic carbocycles. The third-order valence-corrected chi connectivity index (χ3v) is 1.73. The molecule has 0 aromatic heterocycles. The van der Waals surface area contributed by atoms with E-state index in [0.29, 0.717) is 0 Å². The Morgan fingerprint density at radius 3 is 2.42 bits per heavy atom. The molecule has 0 heterocycles. The summed E-state index contributed by atoms with van der Waals surface area (Å²) in [5, 5.41) is 2.40. The van der Waals surface area contributed by atoms with Crippen LogP contribution in [-0.2, 0) is 10.1 Å². The molecule has 4 N–H and O–H groups in total. The molecule has 9 heteroatoms. The van der Waals surface area contributed by atoms with Gasteiger partial charge in [-0.25, -0.2) is 0 Å². The molecule has 0 fully saturated rings. The minimum absolute atomic E-state index is 0. The van der Waals surface area contributed by atoms with Gasteiger partial charge in [0.2, 0.25) is 0 Å². The SMILES string of the molecule is [NH-]NC(=S)NCCS(=O)(=O)O.[Na+]. The third-order valence-electron chi connectivity index (χ3n) is 0.759. The summed E-state index contributed by atoms with van der Waals surface area (Å²) in [7, 11) is -3.94. The fraction of sp³-hybridized carbons (Fsp3) is 0.667. The van der Waals surface area contributed by atoms with Crippen molar-refractivity contribution in [3.05, 3.63) is 5.84 Å². The molecular formula is C3H8N3NaO3S2. The van der Waals surface area contributed by atoms with E-state index >= 15 is 0 Å². The summed E-state index contributed by atoms with van der Waals surface area (Å²) in [6.45, 7) is -0.0104. The van der Waals surface area contributed by atoms with Crippen molar-refractivity contribution in [1.82, 2.24) is 10.7 Å². The van der Waals surface area contributed by atoms with Crippen molar-refractivity contribution >= 4 is 27.4 Å². The predicted molar refractivity (Wildman–Crippen MR) is 44.5 cm³/mol. The van der Waals surface area contributed by atoms with E-state index in [1.165, 1.54) is 0 Å². The van der Waals surface area contributed by atoms with Crippen LogP contribution in [0, 0.1) is 0 Å². The van der Waals surface area contributed by atoms with Crippen LogP contribution in [0.5, 0.6) is 0 Å². The Kier molecular flexibility index (Phi) is 8.79. The topological polar surface area (TPSA) is 102 Å². The van der Waals surface area contributed by atoms with Gasteiger partial charge in [0, 0.05) is 6.54 Å². The van der Waals surface area contributed by atoms with Crippen LogP contribution in [0.15, 0.2) is 0 Å². The second-order valence-electron chi connectivity index (χ2n) is 1.67. The van der Waals surface area contributed by atoms with Gasteiger partial charge in [-0.3, -0.25) is 4.55 Å². The van der Waals surface area contributed by atoms with Gasteiger partial charge in [-0.2, -0.15) is 8.42 Å². The molecule has 0 rings (SSSR count). The van der Waals surface area contributed by atoms with Crippen LogP contribution < -0.4 is 40.3 Å². The van der Waals surface area contributed by atoms with E-state index in [4.69, 9.17) is 10.4 Å². The Balaban J connectivity index is 0. The van der Waals surface area contributed by atoms with Gasteiger partial charge in [0.1, 0.15) is 5.11 Å². The second-order valence-corrected chi connectivity index (χ2v) is 3.65. The zero-order chi connectivity index (χ0) is 8.91. The van der Waals surface area contributed by atoms with Crippen LogP contribution in [0.1, 0.15) is 0 Å². The molecule has 0 aromatic rings. The van der Waals surface area contributed by atoms with Crippen molar-refractivity contribution in [2.24, 2.45) is 0 Å². The van der Waals surface area contributed by atoms with Gasteiger partial charge in [-0.05, 0) is 12.2 Å². The average molecular weight is 221 g/mol. The van der Waals surface area contributed by atoms with Crippen molar-refractivity contribution in [2.45, 2.75) is 0 Å². The van der Waals surface area contributed by atoms with Gasteiger partial charge in [0.05, 0.1) is 5.75 Å². The zero-order valence-corrected chi connectivity index (χ0v) is 10.1. The summed E-state index contributed by atoms with van der Waals surface area (Å²) >= 11 is 4.46. The zero-order valence-electron chi connectivity index (χ0n) is 6.49. The van der Waals surface area contributed by atoms with Crippen molar-refractivity contribution in [3.63, 3.8) is 0 Å². The molecule has 0 atom stereocenters. The maximum atomic E-state index is 10.1. The Morgan fingerprint density at radius 2 is 2.08 bits per heavy atom. The predicted octanol–water partition coefficient (Wildman–Crippen LogP) is -3.69. The van der Waals surface area contributed by atoms with Gasteiger partial charge < -0.3 is 16.6 Å². The molecular weight excluding hydrogens is 213 g/mol. The minimum Gasteiger partial charge on any atom is -0.584 e. The van der Waals surface area contributed by atoms with Crippen LogP contribution in [-0.4, -0.2) is 30.4 Å². The number of thiocarbonyl (C=S) groups is 1. The summed E-state index contributed by atoms with van der Waals surface area (Å²) in [5.41, 5.74) is 1.85. The molecule has 0 aliphatic rings. The molecule has 0 aromatic carbocycles. The fourth-order valence-corrected chi connectivity index (χ4v) is 0.800. The Labute approximate surface area is 98.3 Å². The van der Waals surface area contributed by atoms with Crippen LogP contribution in [0.3, 0.4) is 0 Å². The molecule has 0 saturated heterocycles. The van der Waals surface area contributed by atoms with Crippen LogP contribution >= 0.6 is 12.2 Å². The Hall–Kier alpha value is 0.560. The van der Waals surface area contributed by atoms with Crippen molar-refractivity contribution in [1.29, 1.82) is 0 Å². The third kappa shape index (κ3) is 10.6. The molecule has 0 bridgehead atoms. The first kappa shape index (κ1) is 15.1. The quantitative estimate of drug-likeness (QED) is 0.196. The van der Waals surface area contributed by atoms with Crippen LogP contribution in [0.2, 0.25) is 0 Å². The smallest absolute Gasteiger partial charge is 0.584 e. The molecule has 0 saturated carbocycles. The number of rotatable bonds is 3. The standard InChI is InChI=1S/C3H8N3O3S2.Na/c4-6-3(10)5-1-2-11(7,8)9;/h4H,1-2H2,(H2,5,6,10)(H,7,8,9);/q-1;+1. The number of hydrogen-bond donors (Lipinski definition) is 3. The van der Waals surface area contributed by atoms with E-state index in [9.17, 15) is 8.42 Å². The minimum atomic E-state index is -3.94. The molecule has 0 unspecified atom stereocenters.